The van der Waals surface area contributed by atoms with E-state index in [1.807, 2.05) is 18.2 Å². The summed E-state index contributed by atoms with van der Waals surface area (Å²) in [5.74, 6) is 0.366. The standard InChI is InChI=1S/C25H29N3O4/c1-32-22-9-5-8-20(16-22)24(30)26-12-14-27(15-13-26)25(31)21-17-23(29)28(18-21)11-10-19-6-3-2-4-7-19/h2-9,16,21H,10-15,17-18H2,1H3. The number of carbonyl (C=O) groups is 3. The minimum Gasteiger partial charge on any atom is -0.497 e. The van der Waals surface area contributed by atoms with Crippen LogP contribution in [0.1, 0.15) is 22.3 Å². The maximum Gasteiger partial charge on any atom is 0.254 e. The predicted molar refractivity (Wildman–Crippen MR) is 120 cm³/mol. The van der Waals surface area contributed by atoms with Crippen LogP contribution in [0.5, 0.6) is 5.75 Å². The normalized spacial score (nSPS) is 18.7. The molecule has 0 spiro atoms. The largest absolute Gasteiger partial charge is 0.497 e. The molecule has 1 atom stereocenters. The van der Waals surface area contributed by atoms with Crippen LogP contribution in [0, 0.1) is 5.92 Å². The average Bonchev–Trinajstić information content (AvgIpc) is 3.23. The van der Waals surface area contributed by atoms with Crippen LogP contribution < -0.4 is 4.74 Å². The summed E-state index contributed by atoms with van der Waals surface area (Å²) in [6.07, 6.45) is 1.06. The molecule has 1 unspecified atom stereocenters. The van der Waals surface area contributed by atoms with Crippen LogP contribution in [0.25, 0.3) is 0 Å². The Hall–Kier alpha value is -3.35. The van der Waals surface area contributed by atoms with Gasteiger partial charge in [0.2, 0.25) is 11.8 Å². The van der Waals surface area contributed by atoms with Gasteiger partial charge in [-0.25, -0.2) is 0 Å². The van der Waals surface area contributed by atoms with Crippen molar-refractivity contribution in [2.75, 3.05) is 46.4 Å². The molecular weight excluding hydrogens is 406 g/mol. The third-order valence-electron chi connectivity index (χ3n) is 6.27. The van der Waals surface area contributed by atoms with Crippen molar-refractivity contribution in [2.24, 2.45) is 5.92 Å². The summed E-state index contributed by atoms with van der Waals surface area (Å²) in [4.78, 5) is 43.6. The van der Waals surface area contributed by atoms with Crippen molar-refractivity contribution in [1.82, 2.24) is 14.7 Å². The Morgan fingerprint density at radius 2 is 1.69 bits per heavy atom. The number of amides is 3. The summed E-state index contributed by atoms with van der Waals surface area (Å²) in [5.41, 5.74) is 1.77. The molecule has 0 aliphatic carbocycles. The zero-order valence-electron chi connectivity index (χ0n) is 18.4. The Morgan fingerprint density at radius 1 is 0.969 bits per heavy atom. The van der Waals surface area contributed by atoms with Gasteiger partial charge in [0.25, 0.3) is 5.91 Å². The molecule has 0 radical (unpaired) electrons. The molecule has 2 saturated heterocycles. The van der Waals surface area contributed by atoms with E-state index in [1.54, 1.807) is 46.1 Å². The molecule has 2 aromatic carbocycles. The monoisotopic (exact) mass is 435 g/mol. The summed E-state index contributed by atoms with van der Waals surface area (Å²) in [6, 6.07) is 17.2. The van der Waals surface area contributed by atoms with Gasteiger partial charge in [-0.15, -0.1) is 0 Å². The van der Waals surface area contributed by atoms with E-state index in [0.717, 1.165) is 6.42 Å². The minimum absolute atomic E-state index is 0.0223. The number of likely N-dealkylation sites (tertiary alicyclic amines) is 1. The van der Waals surface area contributed by atoms with Crippen molar-refractivity contribution in [1.29, 1.82) is 0 Å². The first kappa shape index (κ1) is 21.9. The average molecular weight is 436 g/mol. The van der Waals surface area contributed by atoms with E-state index in [2.05, 4.69) is 12.1 Å². The highest BCUT2D eigenvalue weighted by molar-refractivity contribution is 5.95. The van der Waals surface area contributed by atoms with Crippen LogP contribution in [0.2, 0.25) is 0 Å². The molecule has 2 heterocycles. The SMILES string of the molecule is COc1cccc(C(=O)N2CCN(C(=O)C3CC(=O)N(CCc4ccccc4)C3)CC2)c1. The first-order chi connectivity index (χ1) is 15.5. The van der Waals surface area contributed by atoms with E-state index >= 15 is 0 Å². The molecule has 3 amide bonds. The van der Waals surface area contributed by atoms with Crippen LogP contribution in [-0.4, -0.2) is 78.8 Å². The number of methoxy groups -OCH3 is 1. The topological polar surface area (TPSA) is 70.2 Å². The van der Waals surface area contributed by atoms with Crippen molar-refractivity contribution in [3.63, 3.8) is 0 Å². The van der Waals surface area contributed by atoms with E-state index in [0.29, 0.717) is 50.6 Å². The molecule has 0 N–H and O–H groups in total. The maximum absolute atomic E-state index is 13.0. The number of piperazine rings is 1. The fourth-order valence-electron chi connectivity index (χ4n) is 4.39. The van der Waals surface area contributed by atoms with E-state index < -0.39 is 0 Å². The Labute approximate surface area is 188 Å². The van der Waals surface area contributed by atoms with Gasteiger partial charge in [-0.2, -0.15) is 0 Å². The number of hydrogen-bond acceptors (Lipinski definition) is 4. The van der Waals surface area contributed by atoms with Crippen molar-refractivity contribution >= 4 is 17.7 Å². The van der Waals surface area contributed by atoms with Gasteiger partial charge in [-0.3, -0.25) is 14.4 Å². The number of carbonyl (C=O) groups excluding carboxylic acids is 3. The van der Waals surface area contributed by atoms with Crippen molar-refractivity contribution in [3.8, 4) is 5.75 Å². The highest BCUT2D eigenvalue weighted by Crippen LogP contribution is 2.22. The number of rotatable bonds is 6. The summed E-state index contributed by atoms with van der Waals surface area (Å²) in [6.45, 7) is 3.07. The summed E-state index contributed by atoms with van der Waals surface area (Å²) >= 11 is 0. The lowest BCUT2D eigenvalue weighted by atomic mass is 10.1. The molecule has 7 nitrogen and oxygen atoms in total. The quantitative estimate of drug-likeness (QED) is 0.697. The molecular formula is C25H29N3O4. The molecule has 2 fully saturated rings. The summed E-state index contributed by atoms with van der Waals surface area (Å²) < 4.78 is 5.20. The molecule has 4 rings (SSSR count). The number of ether oxygens (including phenoxy) is 1. The number of benzene rings is 2. The molecule has 2 aliphatic heterocycles. The Balaban J connectivity index is 1.27. The lowest BCUT2D eigenvalue weighted by Crippen LogP contribution is -2.52. The van der Waals surface area contributed by atoms with Crippen LogP contribution in [0.15, 0.2) is 54.6 Å². The maximum atomic E-state index is 13.0. The molecule has 168 valence electrons. The minimum atomic E-state index is -0.293. The van der Waals surface area contributed by atoms with Crippen molar-refractivity contribution in [3.05, 3.63) is 65.7 Å². The van der Waals surface area contributed by atoms with Crippen molar-refractivity contribution in [2.45, 2.75) is 12.8 Å². The predicted octanol–water partition coefficient (Wildman–Crippen LogP) is 2.07. The number of nitrogens with zero attached hydrogens (tertiary/aromatic N) is 3. The molecule has 0 aromatic heterocycles. The van der Waals surface area contributed by atoms with Crippen LogP contribution in [0.3, 0.4) is 0 Å². The summed E-state index contributed by atoms with van der Waals surface area (Å²) in [5, 5.41) is 0. The lowest BCUT2D eigenvalue weighted by Gasteiger charge is -2.36. The Morgan fingerprint density at radius 3 is 2.41 bits per heavy atom. The molecule has 0 saturated carbocycles. The van der Waals surface area contributed by atoms with Gasteiger partial charge in [0.1, 0.15) is 5.75 Å². The third-order valence-corrected chi connectivity index (χ3v) is 6.27. The zero-order chi connectivity index (χ0) is 22.5. The second-order valence-corrected chi connectivity index (χ2v) is 8.33. The zero-order valence-corrected chi connectivity index (χ0v) is 18.4. The third kappa shape index (κ3) is 4.93. The van der Waals surface area contributed by atoms with Gasteiger partial charge in [0, 0.05) is 51.3 Å². The first-order valence-electron chi connectivity index (χ1n) is 11.1. The molecule has 7 heteroatoms. The second kappa shape index (κ2) is 9.85. The van der Waals surface area contributed by atoms with E-state index in [4.69, 9.17) is 4.74 Å². The van der Waals surface area contributed by atoms with Gasteiger partial charge in [0.15, 0.2) is 0 Å². The lowest BCUT2D eigenvalue weighted by molar-refractivity contribution is -0.137. The van der Waals surface area contributed by atoms with E-state index in [9.17, 15) is 14.4 Å². The smallest absolute Gasteiger partial charge is 0.254 e. The van der Waals surface area contributed by atoms with Crippen LogP contribution >= 0.6 is 0 Å². The highest BCUT2D eigenvalue weighted by atomic mass is 16.5. The molecule has 2 aromatic rings. The highest BCUT2D eigenvalue weighted by Gasteiger charge is 2.37. The van der Waals surface area contributed by atoms with Crippen LogP contribution in [0.4, 0.5) is 0 Å². The van der Waals surface area contributed by atoms with Crippen LogP contribution in [-0.2, 0) is 16.0 Å². The van der Waals surface area contributed by atoms with Gasteiger partial charge in [-0.05, 0) is 30.2 Å². The van der Waals surface area contributed by atoms with E-state index in [-0.39, 0.29) is 30.1 Å². The molecule has 32 heavy (non-hydrogen) atoms. The van der Waals surface area contributed by atoms with Gasteiger partial charge >= 0.3 is 0 Å². The Kier molecular flexibility index (Phi) is 6.73. The fraction of sp³-hybridized carbons (Fsp3) is 0.400. The molecule has 2 aliphatic rings. The van der Waals surface area contributed by atoms with Crippen molar-refractivity contribution < 1.29 is 19.1 Å². The fourth-order valence-corrected chi connectivity index (χ4v) is 4.39. The van der Waals surface area contributed by atoms with Gasteiger partial charge in [-0.1, -0.05) is 36.4 Å². The number of hydrogen-bond donors (Lipinski definition) is 0. The van der Waals surface area contributed by atoms with Gasteiger partial charge in [0.05, 0.1) is 13.0 Å². The summed E-state index contributed by atoms with van der Waals surface area (Å²) in [7, 11) is 1.57. The Bertz CT molecular complexity index is 970. The second-order valence-electron chi connectivity index (χ2n) is 8.33. The first-order valence-corrected chi connectivity index (χ1v) is 11.1. The van der Waals surface area contributed by atoms with Gasteiger partial charge < -0.3 is 19.4 Å². The van der Waals surface area contributed by atoms with E-state index in [1.165, 1.54) is 5.56 Å². The molecule has 0 bridgehead atoms.